The van der Waals surface area contributed by atoms with E-state index in [0.29, 0.717) is 25.6 Å². The minimum absolute atomic E-state index is 0.360. The molecule has 1 aromatic rings. The molecule has 2 heteroatoms. The molecule has 1 aliphatic rings. The molecule has 1 nitrogen and oxygen atoms in total. The maximum absolute atomic E-state index is 11.6. The van der Waals surface area contributed by atoms with Crippen molar-refractivity contribution in [2.45, 2.75) is 30.5 Å². The van der Waals surface area contributed by atoms with Crippen molar-refractivity contribution in [3.05, 3.63) is 30.3 Å². The average Bonchev–Trinajstić information content (AvgIpc) is 2.23. The monoisotopic (exact) mass is 254 g/mol. The topological polar surface area (TPSA) is 17.1 Å². The van der Waals surface area contributed by atoms with Gasteiger partial charge in [-0.25, -0.2) is 0 Å². The van der Waals surface area contributed by atoms with Gasteiger partial charge in [0, 0.05) is 0 Å². The van der Waals surface area contributed by atoms with Crippen LogP contribution in [-0.2, 0) is 4.79 Å². The van der Waals surface area contributed by atoms with Gasteiger partial charge in [-0.1, -0.05) is 0 Å². The summed E-state index contributed by atoms with van der Waals surface area (Å²) in [5, 5.41) is 0. The van der Waals surface area contributed by atoms with Gasteiger partial charge in [0.15, 0.2) is 0 Å². The molecular formula is C12H14OSe. The van der Waals surface area contributed by atoms with Crippen LogP contribution in [0.25, 0.3) is 0 Å². The minimum atomic E-state index is 0.360. The Morgan fingerprint density at radius 3 is 2.64 bits per heavy atom. The fourth-order valence-electron chi connectivity index (χ4n) is 1.74. The van der Waals surface area contributed by atoms with Crippen molar-refractivity contribution in [2.75, 3.05) is 0 Å². The first-order valence-corrected chi connectivity index (χ1v) is 6.95. The standard InChI is InChI=1S/C12H14OSe/c13-11-8-4-5-9-12(11)14-10-6-2-1-3-7-10/h1-3,6-7,12H,4-5,8-9H2/t12-/m0/s1. The third-order valence-electron chi connectivity index (χ3n) is 2.52. The molecule has 0 heterocycles. The molecule has 0 spiro atoms. The predicted molar refractivity (Wildman–Crippen MR) is 59.1 cm³/mol. The van der Waals surface area contributed by atoms with E-state index in [9.17, 15) is 4.79 Å². The zero-order chi connectivity index (χ0) is 9.80. The summed E-state index contributed by atoms with van der Waals surface area (Å²) < 4.78 is 1.36. The molecule has 1 atom stereocenters. The predicted octanol–water partition coefficient (Wildman–Crippen LogP) is 1.95. The van der Waals surface area contributed by atoms with Crippen molar-refractivity contribution in [1.82, 2.24) is 0 Å². The molecule has 0 bridgehead atoms. The number of benzene rings is 1. The molecule has 0 saturated heterocycles. The van der Waals surface area contributed by atoms with Crippen LogP contribution < -0.4 is 4.46 Å². The quantitative estimate of drug-likeness (QED) is 0.736. The van der Waals surface area contributed by atoms with Gasteiger partial charge in [-0.05, 0) is 0 Å². The molecule has 1 saturated carbocycles. The molecule has 0 radical (unpaired) electrons. The molecule has 0 N–H and O–H groups in total. The summed E-state index contributed by atoms with van der Waals surface area (Å²) in [4.78, 5) is 12.0. The van der Waals surface area contributed by atoms with Crippen LogP contribution in [0, 0.1) is 0 Å². The van der Waals surface area contributed by atoms with Gasteiger partial charge in [-0.3, -0.25) is 0 Å². The summed E-state index contributed by atoms with van der Waals surface area (Å²) in [6, 6.07) is 10.4. The SMILES string of the molecule is O=C1CCCC[C@@H]1[Se]c1ccccc1. The molecule has 0 amide bonds. The van der Waals surface area contributed by atoms with E-state index < -0.39 is 0 Å². The van der Waals surface area contributed by atoms with Gasteiger partial charge in [0.2, 0.25) is 0 Å². The average molecular weight is 253 g/mol. The van der Waals surface area contributed by atoms with Gasteiger partial charge in [0.25, 0.3) is 0 Å². The number of carbonyl (C=O) groups is 1. The molecule has 0 unspecified atom stereocenters. The van der Waals surface area contributed by atoms with Gasteiger partial charge in [0.1, 0.15) is 0 Å². The van der Waals surface area contributed by atoms with E-state index in [1.54, 1.807) is 0 Å². The van der Waals surface area contributed by atoms with E-state index >= 15 is 0 Å². The summed E-state index contributed by atoms with van der Waals surface area (Å²) in [7, 11) is 0. The molecule has 0 aromatic heterocycles. The van der Waals surface area contributed by atoms with E-state index in [4.69, 9.17) is 0 Å². The molecule has 74 valence electrons. The van der Waals surface area contributed by atoms with Crippen LogP contribution in [0.5, 0.6) is 0 Å². The van der Waals surface area contributed by atoms with Crippen LogP contribution in [0.1, 0.15) is 25.7 Å². The Morgan fingerprint density at radius 2 is 1.93 bits per heavy atom. The van der Waals surface area contributed by atoms with Crippen LogP contribution in [-0.4, -0.2) is 20.7 Å². The van der Waals surface area contributed by atoms with Gasteiger partial charge < -0.3 is 0 Å². The zero-order valence-corrected chi connectivity index (χ0v) is 9.82. The Labute approximate surface area is 91.1 Å². The second-order valence-electron chi connectivity index (χ2n) is 3.63. The summed E-state index contributed by atoms with van der Waals surface area (Å²) in [5.41, 5.74) is 0. The molecule has 14 heavy (non-hydrogen) atoms. The molecule has 1 fully saturated rings. The second kappa shape index (κ2) is 4.77. The zero-order valence-electron chi connectivity index (χ0n) is 8.11. The molecule has 1 aromatic carbocycles. The van der Waals surface area contributed by atoms with E-state index in [1.807, 2.05) is 6.07 Å². The van der Waals surface area contributed by atoms with Crippen LogP contribution in [0.3, 0.4) is 0 Å². The van der Waals surface area contributed by atoms with Crippen LogP contribution in [0.2, 0.25) is 4.82 Å². The van der Waals surface area contributed by atoms with E-state index in [0.717, 1.165) is 19.3 Å². The normalized spacial score (nSPS) is 22.3. The third kappa shape index (κ3) is 2.46. The van der Waals surface area contributed by atoms with Crippen molar-refractivity contribution in [3.63, 3.8) is 0 Å². The Bertz CT molecular complexity index is 307. The van der Waals surface area contributed by atoms with Crippen molar-refractivity contribution >= 4 is 25.2 Å². The number of ketones is 1. The second-order valence-corrected chi connectivity index (χ2v) is 6.31. The van der Waals surface area contributed by atoms with Crippen molar-refractivity contribution < 1.29 is 4.79 Å². The fourth-order valence-corrected chi connectivity index (χ4v) is 4.21. The molecule has 0 aliphatic heterocycles. The first kappa shape index (κ1) is 9.95. The first-order valence-electron chi connectivity index (χ1n) is 5.11. The van der Waals surface area contributed by atoms with Crippen molar-refractivity contribution in [1.29, 1.82) is 0 Å². The van der Waals surface area contributed by atoms with Crippen molar-refractivity contribution in [2.24, 2.45) is 0 Å². The molecule has 1 aliphatic carbocycles. The Morgan fingerprint density at radius 1 is 1.14 bits per heavy atom. The van der Waals surface area contributed by atoms with Crippen molar-refractivity contribution in [3.8, 4) is 0 Å². The fraction of sp³-hybridized carbons (Fsp3) is 0.417. The van der Waals surface area contributed by atoms with Gasteiger partial charge in [-0.2, -0.15) is 0 Å². The van der Waals surface area contributed by atoms with Gasteiger partial charge in [0.05, 0.1) is 0 Å². The summed E-state index contributed by atoms with van der Waals surface area (Å²) in [6.07, 6.45) is 4.29. The third-order valence-corrected chi connectivity index (χ3v) is 5.31. The Hall–Kier alpha value is -0.591. The number of rotatable bonds is 2. The number of Topliss-reactive ketones (excluding diaryl/α,β-unsaturated/α-hetero) is 1. The number of hydrogen-bond donors (Lipinski definition) is 0. The van der Waals surface area contributed by atoms with E-state index in [2.05, 4.69) is 24.3 Å². The summed E-state index contributed by atoms with van der Waals surface area (Å²) in [6.45, 7) is 0. The van der Waals surface area contributed by atoms with Gasteiger partial charge in [-0.15, -0.1) is 0 Å². The summed E-state index contributed by atoms with van der Waals surface area (Å²) >= 11 is 0.360. The van der Waals surface area contributed by atoms with Crippen LogP contribution >= 0.6 is 0 Å². The molecule has 2 rings (SSSR count). The number of hydrogen-bond acceptors (Lipinski definition) is 1. The van der Waals surface area contributed by atoms with E-state index in [1.165, 1.54) is 10.9 Å². The van der Waals surface area contributed by atoms with Gasteiger partial charge >= 0.3 is 90.8 Å². The maximum atomic E-state index is 11.6. The van der Waals surface area contributed by atoms with Crippen LogP contribution in [0.15, 0.2) is 30.3 Å². The Balaban J connectivity index is 2.00. The summed E-state index contributed by atoms with van der Waals surface area (Å²) in [5.74, 6) is 0.500. The first-order chi connectivity index (χ1) is 6.86. The Kier molecular flexibility index (Phi) is 3.39. The van der Waals surface area contributed by atoms with Crippen LogP contribution in [0.4, 0.5) is 0 Å². The van der Waals surface area contributed by atoms with E-state index in [-0.39, 0.29) is 0 Å². The number of carbonyl (C=O) groups excluding carboxylic acids is 1. The molecular weight excluding hydrogens is 239 g/mol.